The van der Waals surface area contributed by atoms with E-state index in [1.54, 1.807) is 0 Å². The predicted molar refractivity (Wildman–Crippen MR) is 149 cm³/mol. The number of carbonyl (C=O) groups excluding carboxylic acids is 3. The monoisotopic (exact) mass is 555 g/mol. The first-order valence-electron chi connectivity index (χ1n) is 15.3. The molecule has 1 N–H and O–H groups in total. The van der Waals surface area contributed by atoms with Crippen molar-refractivity contribution in [2.24, 2.45) is 5.92 Å². The normalized spacial score (nSPS) is 16.6. The molecule has 1 amide bonds. The lowest BCUT2D eigenvalue weighted by Crippen LogP contribution is -2.59. The van der Waals surface area contributed by atoms with Gasteiger partial charge in [-0.2, -0.15) is 0 Å². The van der Waals surface area contributed by atoms with Gasteiger partial charge in [0, 0.05) is 25.3 Å². The van der Waals surface area contributed by atoms with E-state index in [4.69, 9.17) is 14.2 Å². The van der Waals surface area contributed by atoms with Crippen molar-refractivity contribution in [2.45, 2.75) is 142 Å². The molecule has 0 aliphatic carbocycles. The van der Waals surface area contributed by atoms with Gasteiger partial charge in [-0.25, -0.2) is 4.79 Å². The van der Waals surface area contributed by atoms with E-state index in [0.29, 0.717) is 26.1 Å². The van der Waals surface area contributed by atoms with Gasteiger partial charge in [0.25, 0.3) is 0 Å². The second-order valence-electron chi connectivity index (χ2n) is 10.8. The zero-order valence-corrected chi connectivity index (χ0v) is 24.6. The Kier molecular flexibility index (Phi) is 19.1. The number of carboxylic acid groups (broad SMARTS) is 1. The van der Waals surface area contributed by atoms with Crippen molar-refractivity contribution in [1.29, 1.82) is 0 Å². The van der Waals surface area contributed by atoms with Gasteiger partial charge >= 0.3 is 24.0 Å². The van der Waals surface area contributed by atoms with Crippen LogP contribution in [-0.4, -0.2) is 65.9 Å². The summed E-state index contributed by atoms with van der Waals surface area (Å²) in [5.41, 5.74) is 0. The van der Waals surface area contributed by atoms with Crippen LogP contribution < -0.4 is 0 Å². The predicted octanol–water partition coefficient (Wildman–Crippen LogP) is 6.65. The highest BCUT2D eigenvalue weighted by Gasteiger charge is 2.41. The van der Waals surface area contributed by atoms with E-state index >= 15 is 0 Å². The topological polar surface area (TPSA) is 119 Å². The molecule has 1 aliphatic heterocycles. The van der Waals surface area contributed by atoms with Crippen LogP contribution in [-0.2, 0) is 28.6 Å². The van der Waals surface area contributed by atoms with Gasteiger partial charge in [-0.3, -0.25) is 19.3 Å². The molecule has 1 heterocycles. The van der Waals surface area contributed by atoms with E-state index in [-0.39, 0.29) is 38.0 Å². The quantitative estimate of drug-likeness (QED) is 0.0845. The summed E-state index contributed by atoms with van der Waals surface area (Å²) in [4.78, 5) is 50.2. The van der Waals surface area contributed by atoms with Crippen molar-refractivity contribution in [3.8, 4) is 0 Å². The zero-order valence-electron chi connectivity index (χ0n) is 24.6. The summed E-state index contributed by atoms with van der Waals surface area (Å²) in [5, 5.41) is 9.38. The highest BCUT2D eigenvalue weighted by atomic mass is 16.5. The van der Waals surface area contributed by atoms with Crippen molar-refractivity contribution >= 4 is 24.0 Å². The van der Waals surface area contributed by atoms with Crippen LogP contribution in [0.25, 0.3) is 0 Å². The average molecular weight is 556 g/mol. The van der Waals surface area contributed by atoms with E-state index in [9.17, 15) is 24.3 Å². The molecule has 1 rings (SSSR count). The van der Waals surface area contributed by atoms with Crippen LogP contribution in [0.4, 0.5) is 4.79 Å². The summed E-state index contributed by atoms with van der Waals surface area (Å²) in [6.45, 7) is 6.88. The van der Waals surface area contributed by atoms with Crippen LogP contribution in [0.3, 0.4) is 0 Å². The first-order valence-corrected chi connectivity index (χ1v) is 15.3. The largest absolute Gasteiger partial charge is 0.466 e. The van der Waals surface area contributed by atoms with Gasteiger partial charge < -0.3 is 19.3 Å². The zero-order chi connectivity index (χ0) is 28.9. The van der Waals surface area contributed by atoms with Crippen molar-refractivity contribution in [1.82, 2.24) is 4.90 Å². The molecule has 39 heavy (non-hydrogen) atoms. The Labute approximate surface area is 235 Å². The van der Waals surface area contributed by atoms with E-state index in [1.807, 2.05) is 6.92 Å². The second-order valence-corrected chi connectivity index (χ2v) is 10.8. The van der Waals surface area contributed by atoms with Crippen LogP contribution >= 0.6 is 0 Å². The maximum Gasteiger partial charge on any atom is 0.407 e. The van der Waals surface area contributed by atoms with Gasteiger partial charge in [-0.15, -0.1) is 0 Å². The fourth-order valence-electron chi connectivity index (χ4n) is 4.95. The summed E-state index contributed by atoms with van der Waals surface area (Å²) in [6, 6.07) is -0.416. The van der Waals surface area contributed by atoms with E-state index in [1.165, 1.54) is 43.4 Å². The summed E-state index contributed by atoms with van der Waals surface area (Å²) >= 11 is 0. The lowest BCUT2D eigenvalue weighted by atomic mass is 9.92. The number of nitrogens with zero attached hydrogens (tertiary/aromatic N) is 1. The molecule has 0 saturated carbocycles. The maximum absolute atomic E-state index is 12.6. The Morgan fingerprint density at radius 1 is 0.667 bits per heavy atom. The van der Waals surface area contributed by atoms with Crippen LogP contribution in [0.2, 0.25) is 0 Å². The number of amides is 1. The van der Waals surface area contributed by atoms with Crippen LogP contribution in [0.5, 0.6) is 0 Å². The van der Waals surface area contributed by atoms with E-state index in [0.717, 1.165) is 38.5 Å². The highest BCUT2D eigenvalue weighted by molar-refractivity contribution is 5.76. The minimum atomic E-state index is -1.02. The number of hydrogen-bond acceptors (Lipinski definition) is 7. The van der Waals surface area contributed by atoms with Crippen molar-refractivity contribution < 1.29 is 38.5 Å². The number of unbranched alkanes of at least 4 members (excludes halogenated alkanes) is 10. The molecule has 0 aromatic heterocycles. The van der Waals surface area contributed by atoms with Gasteiger partial charge in [0.2, 0.25) is 0 Å². The van der Waals surface area contributed by atoms with Gasteiger partial charge in [-0.05, 0) is 31.6 Å². The summed E-state index contributed by atoms with van der Waals surface area (Å²) < 4.78 is 16.1. The Morgan fingerprint density at radius 3 is 1.54 bits per heavy atom. The molecule has 0 radical (unpaired) electrons. The van der Waals surface area contributed by atoms with Gasteiger partial charge in [-0.1, -0.05) is 85.0 Å². The molecular weight excluding hydrogens is 502 g/mol. The lowest BCUT2D eigenvalue weighted by Gasteiger charge is -2.46. The fourth-order valence-corrected chi connectivity index (χ4v) is 4.95. The first-order chi connectivity index (χ1) is 18.8. The molecule has 1 fully saturated rings. The van der Waals surface area contributed by atoms with Crippen molar-refractivity contribution in [3.05, 3.63) is 0 Å². The number of esters is 3. The molecule has 0 aromatic carbocycles. The highest BCUT2D eigenvalue weighted by Crippen LogP contribution is 2.28. The number of likely N-dealkylation sites (tertiary alicyclic amines) is 1. The molecule has 9 nitrogen and oxygen atoms in total. The van der Waals surface area contributed by atoms with Crippen molar-refractivity contribution in [2.75, 3.05) is 19.8 Å². The maximum atomic E-state index is 12.6. The standard InChI is InChI=1S/C30H53NO8/c1-4-7-9-11-13-15-17-37-27(32)19-24(20-28(33)38-18-16-14-12-10-8-5-2)21-29(34)39-23-26-22-25(6-3)31(26)30(35)36/h24-26H,4-23H2,1-3H3,(H,35,36). The van der Waals surface area contributed by atoms with Gasteiger partial charge in [0.1, 0.15) is 6.61 Å². The number of ether oxygens (including phenoxy) is 3. The average Bonchev–Trinajstić information content (AvgIpc) is 2.86. The molecule has 2 atom stereocenters. The van der Waals surface area contributed by atoms with Gasteiger partial charge in [0.05, 0.1) is 19.3 Å². The summed E-state index contributed by atoms with van der Waals surface area (Å²) in [5.74, 6) is -2.02. The van der Waals surface area contributed by atoms with Crippen LogP contribution in [0, 0.1) is 5.92 Å². The number of carbonyl (C=O) groups is 4. The molecular formula is C30H53NO8. The van der Waals surface area contributed by atoms with E-state index in [2.05, 4.69) is 13.8 Å². The van der Waals surface area contributed by atoms with Gasteiger partial charge in [0.15, 0.2) is 0 Å². The third-order valence-corrected chi connectivity index (χ3v) is 7.35. The van der Waals surface area contributed by atoms with E-state index < -0.39 is 29.9 Å². The SMILES string of the molecule is CCCCCCCCOC(=O)CC(CC(=O)OCCCCCCCC)CC(=O)OCC1CC(CC)N1C(=O)O. The summed E-state index contributed by atoms with van der Waals surface area (Å²) in [6.07, 6.45) is 13.0. The van der Waals surface area contributed by atoms with Crippen molar-refractivity contribution in [3.63, 3.8) is 0 Å². The molecule has 0 bridgehead atoms. The third-order valence-electron chi connectivity index (χ3n) is 7.35. The Morgan fingerprint density at radius 2 is 1.10 bits per heavy atom. The minimum Gasteiger partial charge on any atom is -0.466 e. The molecule has 1 aliphatic rings. The Hall–Kier alpha value is -2.32. The lowest BCUT2D eigenvalue weighted by molar-refractivity contribution is -0.152. The minimum absolute atomic E-state index is 0.0285. The molecule has 9 heteroatoms. The second kappa shape index (κ2) is 21.5. The first kappa shape index (κ1) is 34.7. The number of rotatable bonds is 23. The molecule has 2 unspecified atom stereocenters. The smallest absolute Gasteiger partial charge is 0.407 e. The fraction of sp³-hybridized carbons (Fsp3) is 0.867. The molecule has 1 saturated heterocycles. The Bertz CT molecular complexity index is 681. The molecule has 0 spiro atoms. The molecule has 226 valence electrons. The third kappa shape index (κ3) is 15.8. The van der Waals surface area contributed by atoms with Crippen LogP contribution in [0.15, 0.2) is 0 Å². The Balaban J connectivity index is 2.49. The molecule has 0 aromatic rings. The summed E-state index contributed by atoms with van der Waals surface area (Å²) in [7, 11) is 0. The van der Waals surface area contributed by atoms with Crippen LogP contribution in [0.1, 0.15) is 130 Å². The number of hydrogen-bond donors (Lipinski definition) is 1.